The molecule has 2 N–H and O–H groups in total. The molecule has 30 heavy (non-hydrogen) atoms. The first-order valence-electron chi connectivity index (χ1n) is 10.7. The Morgan fingerprint density at radius 1 is 1.30 bits per heavy atom. The summed E-state index contributed by atoms with van der Waals surface area (Å²) in [5.74, 6) is 0.569. The molecular weight excluding hydrogens is 384 g/mol. The lowest BCUT2D eigenvalue weighted by Crippen LogP contribution is -2.41. The van der Waals surface area contributed by atoms with Crippen LogP contribution in [0.25, 0.3) is 0 Å². The summed E-state index contributed by atoms with van der Waals surface area (Å²) in [5.41, 5.74) is 0.130. The third kappa shape index (κ3) is 9.09. The number of rotatable bonds is 10. The lowest BCUT2D eigenvalue weighted by Gasteiger charge is -2.32. The zero-order valence-corrected chi connectivity index (χ0v) is 18.5. The predicted octanol–water partition coefficient (Wildman–Crippen LogP) is 2.03. The highest BCUT2D eigenvalue weighted by molar-refractivity contribution is 5.77. The predicted molar refractivity (Wildman–Crippen MR) is 115 cm³/mol. The Bertz CT molecular complexity index is 655. The van der Waals surface area contributed by atoms with Crippen LogP contribution in [-0.2, 0) is 16.1 Å². The Balaban J connectivity index is 1.55. The Kier molecular flexibility index (Phi) is 9.52. The number of piperidine rings is 1. The average molecular weight is 421 g/mol. The molecule has 0 bridgehead atoms. The summed E-state index contributed by atoms with van der Waals surface area (Å²) in [4.78, 5) is 31.9. The van der Waals surface area contributed by atoms with E-state index in [9.17, 15) is 14.7 Å². The van der Waals surface area contributed by atoms with Crippen molar-refractivity contribution in [3.63, 3.8) is 0 Å². The molecule has 0 aromatic carbocycles. The van der Waals surface area contributed by atoms with Crippen LogP contribution in [0.15, 0.2) is 24.5 Å². The fraction of sp³-hybridized carbons (Fsp3) is 0.682. The summed E-state index contributed by atoms with van der Waals surface area (Å²) in [7, 11) is 1.79. The zero-order valence-electron chi connectivity index (χ0n) is 18.5. The Hall–Kier alpha value is -2.19. The number of aliphatic hydroxyl groups is 1. The molecule has 0 saturated carbocycles. The van der Waals surface area contributed by atoms with Crippen LogP contribution in [0.5, 0.6) is 0 Å². The van der Waals surface area contributed by atoms with Gasteiger partial charge < -0.3 is 25.0 Å². The minimum absolute atomic E-state index is 0.0119. The number of likely N-dealkylation sites (tertiary alicyclic amines) is 1. The highest BCUT2D eigenvalue weighted by Gasteiger charge is 2.23. The zero-order chi connectivity index (χ0) is 22.0. The van der Waals surface area contributed by atoms with Gasteiger partial charge in [0.05, 0.1) is 12.2 Å². The van der Waals surface area contributed by atoms with Crippen molar-refractivity contribution < 1.29 is 19.4 Å². The van der Waals surface area contributed by atoms with E-state index < -0.39 is 5.60 Å². The summed E-state index contributed by atoms with van der Waals surface area (Å²) in [5, 5.41) is 12.6. The molecule has 1 aliphatic rings. The maximum Gasteiger partial charge on any atom is 0.317 e. The van der Waals surface area contributed by atoms with Crippen LogP contribution in [0.1, 0.15) is 45.1 Å². The summed E-state index contributed by atoms with van der Waals surface area (Å²) in [6.07, 6.45) is 7.39. The summed E-state index contributed by atoms with van der Waals surface area (Å²) in [6.45, 7) is 6.19. The van der Waals surface area contributed by atoms with Crippen molar-refractivity contribution in [2.24, 2.45) is 5.92 Å². The van der Waals surface area contributed by atoms with Gasteiger partial charge in [-0.15, -0.1) is 0 Å². The molecule has 1 aliphatic heterocycles. The average Bonchev–Trinajstić information content (AvgIpc) is 2.71. The number of urea groups is 1. The van der Waals surface area contributed by atoms with Crippen molar-refractivity contribution in [3.8, 4) is 0 Å². The van der Waals surface area contributed by atoms with E-state index in [4.69, 9.17) is 4.74 Å². The first-order valence-corrected chi connectivity index (χ1v) is 10.7. The summed E-state index contributed by atoms with van der Waals surface area (Å²) < 4.78 is 5.31. The highest BCUT2D eigenvalue weighted by Crippen LogP contribution is 2.21. The van der Waals surface area contributed by atoms with E-state index >= 15 is 0 Å². The van der Waals surface area contributed by atoms with Gasteiger partial charge in [0.15, 0.2) is 0 Å². The van der Waals surface area contributed by atoms with E-state index in [1.165, 1.54) is 0 Å². The normalized spacial score (nSPS) is 15.1. The fourth-order valence-corrected chi connectivity index (χ4v) is 3.51. The largest absolute Gasteiger partial charge is 0.388 e. The maximum atomic E-state index is 12.2. The van der Waals surface area contributed by atoms with Crippen LogP contribution in [0, 0.1) is 5.92 Å². The number of hydrogen-bond donors (Lipinski definition) is 2. The van der Waals surface area contributed by atoms with Crippen molar-refractivity contribution >= 4 is 11.9 Å². The third-order valence-electron chi connectivity index (χ3n) is 5.23. The first kappa shape index (κ1) is 24.1. The number of aromatic nitrogens is 1. The number of ether oxygens (including phenoxy) is 1. The smallest absolute Gasteiger partial charge is 0.317 e. The van der Waals surface area contributed by atoms with E-state index in [2.05, 4.69) is 10.3 Å². The van der Waals surface area contributed by atoms with Gasteiger partial charge in [0.1, 0.15) is 6.61 Å². The van der Waals surface area contributed by atoms with E-state index in [-0.39, 0.29) is 25.2 Å². The van der Waals surface area contributed by atoms with E-state index in [1.807, 2.05) is 17.0 Å². The second kappa shape index (κ2) is 11.9. The van der Waals surface area contributed by atoms with E-state index in [1.54, 1.807) is 38.2 Å². The van der Waals surface area contributed by atoms with Gasteiger partial charge in [-0.25, -0.2) is 4.79 Å². The van der Waals surface area contributed by atoms with Crippen molar-refractivity contribution in [1.82, 2.24) is 20.1 Å². The number of amides is 3. The van der Waals surface area contributed by atoms with Gasteiger partial charge in [-0.3, -0.25) is 9.78 Å². The van der Waals surface area contributed by atoms with Crippen LogP contribution < -0.4 is 5.32 Å². The number of nitrogens with zero attached hydrogens (tertiary/aromatic N) is 3. The molecule has 2 rings (SSSR count). The van der Waals surface area contributed by atoms with Gasteiger partial charge in [-0.05, 0) is 63.1 Å². The molecule has 0 unspecified atom stereocenters. The van der Waals surface area contributed by atoms with Gasteiger partial charge in [0.25, 0.3) is 0 Å². The molecular formula is C22H36N4O4. The number of carbonyl (C=O) groups excluding carboxylic acids is 2. The van der Waals surface area contributed by atoms with Gasteiger partial charge in [-0.2, -0.15) is 0 Å². The fourth-order valence-electron chi connectivity index (χ4n) is 3.51. The lowest BCUT2D eigenvalue weighted by atomic mass is 9.92. The Morgan fingerprint density at radius 2 is 1.97 bits per heavy atom. The summed E-state index contributed by atoms with van der Waals surface area (Å²) >= 11 is 0. The van der Waals surface area contributed by atoms with Gasteiger partial charge in [0, 0.05) is 45.6 Å². The molecule has 0 spiro atoms. The molecule has 1 aromatic rings. The van der Waals surface area contributed by atoms with E-state index in [0.29, 0.717) is 19.0 Å². The number of nitrogens with one attached hydrogen (secondary N) is 1. The molecule has 1 fully saturated rings. The molecule has 168 valence electrons. The minimum atomic E-state index is -0.920. The molecule has 1 saturated heterocycles. The van der Waals surface area contributed by atoms with E-state index in [0.717, 1.165) is 44.3 Å². The highest BCUT2D eigenvalue weighted by atomic mass is 16.5. The molecule has 3 amide bonds. The molecule has 8 nitrogen and oxygen atoms in total. The number of hydrogen-bond acceptors (Lipinski definition) is 5. The second-order valence-corrected chi connectivity index (χ2v) is 8.72. The van der Waals surface area contributed by atoms with Crippen LogP contribution in [0.3, 0.4) is 0 Å². The minimum Gasteiger partial charge on any atom is -0.388 e. The van der Waals surface area contributed by atoms with Crippen molar-refractivity contribution in [3.05, 3.63) is 30.1 Å². The Morgan fingerprint density at radius 3 is 2.60 bits per heavy atom. The third-order valence-corrected chi connectivity index (χ3v) is 5.23. The second-order valence-electron chi connectivity index (χ2n) is 8.72. The Labute approximate surface area is 179 Å². The standard InChI is InChI=1S/C22H36N4O4/c1-22(2,29)17-30-16-20(27)26-13-8-18(9-14-26)5-4-10-24-21(28)25(3)15-19-6-11-23-12-7-19/h6-7,11-12,18,29H,4-5,8-10,13-17H2,1-3H3,(H,24,28). The molecule has 1 aromatic heterocycles. The molecule has 0 aliphatic carbocycles. The SMILES string of the molecule is CN(Cc1ccncc1)C(=O)NCCCC1CCN(C(=O)COCC(C)(C)O)CC1. The van der Waals surface area contributed by atoms with Crippen molar-refractivity contribution in [2.45, 2.75) is 51.7 Å². The quantitative estimate of drug-likeness (QED) is 0.565. The topological polar surface area (TPSA) is 95.0 Å². The van der Waals surface area contributed by atoms with Crippen molar-refractivity contribution in [2.75, 3.05) is 39.9 Å². The monoisotopic (exact) mass is 420 g/mol. The van der Waals surface area contributed by atoms with Gasteiger partial charge >= 0.3 is 6.03 Å². The molecule has 2 heterocycles. The van der Waals surface area contributed by atoms with Gasteiger partial charge in [0.2, 0.25) is 5.91 Å². The summed E-state index contributed by atoms with van der Waals surface area (Å²) in [6, 6.07) is 3.74. The van der Waals surface area contributed by atoms with Crippen LogP contribution >= 0.6 is 0 Å². The lowest BCUT2D eigenvalue weighted by molar-refractivity contribution is -0.139. The van der Waals surface area contributed by atoms with Crippen LogP contribution in [0.2, 0.25) is 0 Å². The maximum absolute atomic E-state index is 12.2. The van der Waals surface area contributed by atoms with Crippen LogP contribution in [-0.4, -0.2) is 77.3 Å². The molecule has 0 radical (unpaired) electrons. The molecule has 0 atom stereocenters. The van der Waals surface area contributed by atoms with Gasteiger partial charge in [-0.1, -0.05) is 0 Å². The van der Waals surface area contributed by atoms with Crippen LogP contribution in [0.4, 0.5) is 4.79 Å². The first-order chi connectivity index (χ1) is 14.2. The number of pyridine rings is 1. The molecule has 8 heteroatoms. The van der Waals surface area contributed by atoms with Crippen molar-refractivity contribution in [1.29, 1.82) is 0 Å². The number of carbonyl (C=O) groups is 2.